The third-order valence-electron chi connectivity index (χ3n) is 2.81. The van der Waals surface area contributed by atoms with Crippen LogP contribution < -0.4 is 10.1 Å². The molecule has 6 heteroatoms. The number of likely N-dealkylation sites (N-methyl/N-ethyl adjacent to an activating group) is 2. The lowest BCUT2D eigenvalue weighted by Crippen LogP contribution is -2.37. The Balaban J connectivity index is 2.66. The minimum Gasteiger partial charge on any atom is -0.497 e. The summed E-state index contributed by atoms with van der Waals surface area (Å²) in [5, 5.41) is 3.02. The molecule has 0 saturated heterocycles. The molecule has 0 aliphatic carbocycles. The van der Waals surface area contributed by atoms with Gasteiger partial charge in [-0.2, -0.15) is 13.2 Å². The van der Waals surface area contributed by atoms with Crippen LogP contribution in [-0.4, -0.2) is 45.4 Å². The highest BCUT2D eigenvalue weighted by Gasteiger charge is 2.29. The van der Waals surface area contributed by atoms with Crippen LogP contribution in [0.1, 0.15) is 11.6 Å². The minimum atomic E-state index is -4.17. The van der Waals surface area contributed by atoms with Crippen molar-refractivity contribution in [3.05, 3.63) is 29.8 Å². The molecule has 1 rings (SSSR count). The van der Waals surface area contributed by atoms with Gasteiger partial charge in [-0.3, -0.25) is 4.90 Å². The summed E-state index contributed by atoms with van der Waals surface area (Å²) < 4.78 is 41.9. The number of nitrogens with zero attached hydrogens (tertiary/aromatic N) is 1. The standard InChI is InChI=1S/C13H19F3N2O/c1-17-12(8-18(2)9-13(14,15)16)10-4-6-11(19-3)7-5-10/h4-7,12,17H,8-9H2,1-3H3. The molecule has 0 aliphatic rings. The largest absolute Gasteiger partial charge is 0.497 e. The Morgan fingerprint density at radius 1 is 1.26 bits per heavy atom. The van der Waals surface area contributed by atoms with Crippen molar-refractivity contribution in [2.75, 3.05) is 34.3 Å². The van der Waals surface area contributed by atoms with Crippen LogP contribution >= 0.6 is 0 Å². The Labute approximate surface area is 111 Å². The van der Waals surface area contributed by atoms with Gasteiger partial charge in [-0.05, 0) is 31.8 Å². The normalized spacial score (nSPS) is 13.6. The lowest BCUT2D eigenvalue weighted by molar-refractivity contribution is -0.143. The van der Waals surface area contributed by atoms with Crippen LogP contribution in [0.2, 0.25) is 0 Å². The Morgan fingerprint density at radius 2 is 1.84 bits per heavy atom. The highest BCUT2D eigenvalue weighted by atomic mass is 19.4. The number of halogens is 3. The van der Waals surface area contributed by atoms with E-state index in [1.54, 1.807) is 26.3 Å². The zero-order valence-corrected chi connectivity index (χ0v) is 11.3. The Morgan fingerprint density at radius 3 is 2.26 bits per heavy atom. The Kier molecular flexibility index (Phi) is 5.62. The van der Waals surface area contributed by atoms with Gasteiger partial charge in [0.05, 0.1) is 13.7 Å². The molecular formula is C13H19F3N2O. The monoisotopic (exact) mass is 276 g/mol. The topological polar surface area (TPSA) is 24.5 Å². The van der Waals surface area contributed by atoms with Gasteiger partial charge in [-0.25, -0.2) is 0 Å². The van der Waals surface area contributed by atoms with Gasteiger partial charge in [0.2, 0.25) is 0 Å². The molecule has 1 N–H and O–H groups in total. The van der Waals surface area contributed by atoms with Gasteiger partial charge >= 0.3 is 6.18 Å². The molecule has 1 aromatic rings. The molecule has 0 fully saturated rings. The van der Waals surface area contributed by atoms with E-state index in [-0.39, 0.29) is 12.6 Å². The summed E-state index contributed by atoms with van der Waals surface area (Å²) in [6, 6.07) is 7.13. The van der Waals surface area contributed by atoms with Crippen LogP contribution in [0.15, 0.2) is 24.3 Å². The highest BCUT2D eigenvalue weighted by molar-refractivity contribution is 5.29. The van der Waals surface area contributed by atoms with E-state index < -0.39 is 12.7 Å². The van der Waals surface area contributed by atoms with Crippen LogP contribution in [0.25, 0.3) is 0 Å². The molecule has 108 valence electrons. The summed E-state index contributed by atoms with van der Waals surface area (Å²) in [7, 11) is 4.76. The van der Waals surface area contributed by atoms with Gasteiger partial charge in [0, 0.05) is 12.6 Å². The number of nitrogens with one attached hydrogen (secondary N) is 1. The average molecular weight is 276 g/mol. The van der Waals surface area contributed by atoms with Gasteiger partial charge < -0.3 is 10.1 Å². The summed E-state index contributed by atoms with van der Waals surface area (Å²) in [5.41, 5.74) is 0.928. The van der Waals surface area contributed by atoms with Crippen LogP contribution in [-0.2, 0) is 0 Å². The number of benzene rings is 1. The molecule has 0 aromatic heterocycles. The van der Waals surface area contributed by atoms with Crippen molar-refractivity contribution in [3.8, 4) is 5.75 Å². The molecule has 1 unspecified atom stereocenters. The van der Waals surface area contributed by atoms with E-state index in [4.69, 9.17) is 4.74 Å². The van der Waals surface area contributed by atoms with Crippen LogP contribution in [0.3, 0.4) is 0 Å². The molecule has 19 heavy (non-hydrogen) atoms. The predicted molar refractivity (Wildman–Crippen MR) is 68.3 cm³/mol. The van der Waals surface area contributed by atoms with E-state index >= 15 is 0 Å². The number of methoxy groups -OCH3 is 1. The maximum atomic E-state index is 12.3. The zero-order valence-electron chi connectivity index (χ0n) is 11.3. The van der Waals surface area contributed by atoms with Crippen LogP contribution in [0, 0.1) is 0 Å². The van der Waals surface area contributed by atoms with Crippen LogP contribution in [0.4, 0.5) is 13.2 Å². The molecule has 0 amide bonds. The molecule has 1 atom stereocenters. The number of alkyl halides is 3. The lowest BCUT2D eigenvalue weighted by Gasteiger charge is -2.25. The molecule has 0 saturated carbocycles. The maximum absolute atomic E-state index is 12.3. The van der Waals surface area contributed by atoms with Crippen molar-refractivity contribution in [1.29, 1.82) is 0 Å². The summed E-state index contributed by atoms with van der Waals surface area (Å²) >= 11 is 0. The van der Waals surface area contributed by atoms with Gasteiger partial charge in [0.25, 0.3) is 0 Å². The number of rotatable bonds is 6. The summed E-state index contributed by atoms with van der Waals surface area (Å²) in [6.07, 6.45) is -4.17. The molecule has 0 aliphatic heterocycles. The number of ether oxygens (including phenoxy) is 1. The number of hydrogen-bond acceptors (Lipinski definition) is 3. The fourth-order valence-corrected chi connectivity index (χ4v) is 1.88. The van der Waals surface area contributed by atoms with Crippen LogP contribution in [0.5, 0.6) is 5.75 Å². The lowest BCUT2D eigenvalue weighted by atomic mass is 10.1. The van der Waals surface area contributed by atoms with E-state index in [2.05, 4.69) is 5.32 Å². The van der Waals surface area contributed by atoms with E-state index in [9.17, 15) is 13.2 Å². The zero-order chi connectivity index (χ0) is 14.5. The van der Waals surface area contributed by atoms with E-state index in [1.165, 1.54) is 11.9 Å². The van der Waals surface area contributed by atoms with Crippen molar-refractivity contribution in [2.24, 2.45) is 0 Å². The molecule has 0 heterocycles. The minimum absolute atomic E-state index is 0.154. The fourth-order valence-electron chi connectivity index (χ4n) is 1.88. The first-order valence-corrected chi connectivity index (χ1v) is 5.92. The third kappa shape index (κ3) is 5.48. The van der Waals surface area contributed by atoms with Crippen molar-refractivity contribution >= 4 is 0 Å². The van der Waals surface area contributed by atoms with Gasteiger partial charge in [0.1, 0.15) is 5.75 Å². The second-order valence-corrected chi connectivity index (χ2v) is 4.43. The summed E-state index contributed by atoms with van der Waals surface area (Å²) in [5.74, 6) is 0.724. The first kappa shape index (κ1) is 15.8. The Bertz CT molecular complexity index is 378. The maximum Gasteiger partial charge on any atom is 0.401 e. The van der Waals surface area contributed by atoms with E-state index in [1.807, 2.05) is 12.1 Å². The van der Waals surface area contributed by atoms with Gasteiger partial charge in [0.15, 0.2) is 0 Å². The van der Waals surface area contributed by atoms with E-state index in [0.717, 1.165) is 11.3 Å². The van der Waals surface area contributed by atoms with Crippen molar-refractivity contribution < 1.29 is 17.9 Å². The van der Waals surface area contributed by atoms with Crippen molar-refractivity contribution in [1.82, 2.24) is 10.2 Å². The molecule has 0 bridgehead atoms. The van der Waals surface area contributed by atoms with Gasteiger partial charge in [-0.15, -0.1) is 0 Å². The molecular weight excluding hydrogens is 257 g/mol. The Hall–Kier alpha value is -1.27. The number of hydrogen-bond donors (Lipinski definition) is 1. The summed E-state index contributed by atoms with van der Waals surface area (Å²) in [6.45, 7) is -0.635. The second kappa shape index (κ2) is 6.77. The third-order valence-corrected chi connectivity index (χ3v) is 2.81. The molecule has 3 nitrogen and oxygen atoms in total. The molecule has 0 radical (unpaired) electrons. The first-order chi connectivity index (χ1) is 8.85. The van der Waals surface area contributed by atoms with Gasteiger partial charge in [-0.1, -0.05) is 12.1 Å². The SMILES string of the molecule is CNC(CN(C)CC(F)(F)F)c1ccc(OC)cc1. The smallest absolute Gasteiger partial charge is 0.401 e. The van der Waals surface area contributed by atoms with Crippen molar-refractivity contribution in [2.45, 2.75) is 12.2 Å². The first-order valence-electron chi connectivity index (χ1n) is 5.92. The fraction of sp³-hybridized carbons (Fsp3) is 0.538. The second-order valence-electron chi connectivity index (χ2n) is 4.43. The molecule has 1 aromatic carbocycles. The highest BCUT2D eigenvalue weighted by Crippen LogP contribution is 2.20. The summed E-state index contributed by atoms with van der Waals surface area (Å²) in [4.78, 5) is 1.26. The average Bonchev–Trinajstić information content (AvgIpc) is 2.34. The molecule has 0 spiro atoms. The van der Waals surface area contributed by atoms with E-state index in [0.29, 0.717) is 0 Å². The van der Waals surface area contributed by atoms with Crippen molar-refractivity contribution in [3.63, 3.8) is 0 Å². The quantitative estimate of drug-likeness (QED) is 0.863. The predicted octanol–water partition coefficient (Wildman–Crippen LogP) is 2.45.